The minimum atomic E-state index is -0.641. The first-order valence-corrected chi connectivity index (χ1v) is 9.38. The Labute approximate surface area is 165 Å². The van der Waals surface area contributed by atoms with Crippen LogP contribution in [0, 0.1) is 0 Å². The largest absolute Gasteiger partial charge is 0.455 e. The number of carbonyl (C=O) groups is 3. The van der Waals surface area contributed by atoms with Gasteiger partial charge in [-0.15, -0.1) is 11.3 Å². The van der Waals surface area contributed by atoms with E-state index in [-0.39, 0.29) is 5.56 Å². The number of nitrogens with one attached hydrogen (secondary N) is 1. The lowest BCUT2D eigenvalue weighted by Crippen LogP contribution is -2.25. The minimum Gasteiger partial charge on any atom is -0.455 e. The van der Waals surface area contributed by atoms with Crippen LogP contribution in [0.4, 0.5) is 5.00 Å². The maximum absolute atomic E-state index is 12.8. The summed E-state index contributed by atoms with van der Waals surface area (Å²) in [5, 5.41) is 4.52. The fourth-order valence-corrected chi connectivity index (χ4v) is 3.55. The van der Waals surface area contributed by atoms with Crippen LogP contribution in [0.3, 0.4) is 0 Å². The third kappa shape index (κ3) is 4.63. The van der Waals surface area contributed by atoms with Gasteiger partial charge in [-0.3, -0.25) is 14.4 Å². The Hall–Kier alpha value is -3.45. The van der Waals surface area contributed by atoms with Crippen molar-refractivity contribution in [1.82, 2.24) is 0 Å². The lowest BCUT2D eigenvalue weighted by Gasteiger charge is -2.17. The van der Waals surface area contributed by atoms with Gasteiger partial charge < -0.3 is 15.8 Å². The molecule has 2 amide bonds. The lowest BCUT2D eigenvalue weighted by molar-refractivity contribution is -0.147. The molecule has 3 N–H and O–H groups in total. The molecular formula is C21H18N2O4S. The van der Waals surface area contributed by atoms with Crippen molar-refractivity contribution >= 4 is 34.1 Å². The van der Waals surface area contributed by atoms with Gasteiger partial charge in [0.2, 0.25) is 0 Å². The summed E-state index contributed by atoms with van der Waals surface area (Å²) in [5.41, 5.74) is 7.02. The quantitative estimate of drug-likeness (QED) is 0.601. The van der Waals surface area contributed by atoms with Crippen LogP contribution in [-0.4, -0.2) is 24.4 Å². The van der Waals surface area contributed by atoms with Crippen LogP contribution >= 0.6 is 11.3 Å². The third-order valence-corrected chi connectivity index (χ3v) is 4.86. The van der Waals surface area contributed by atoms with Crippen molar-refractivity contribution in [1.29, 1.82) is 0 Å². The van der Waals surface area contributed by atoms with E-state index in [1.165, 1.54) is 17.4 Å². The van der Waals surface area contributed by atoms with Crippen LogP contribution in [-0.2, 0) is 14.3 Å². The fourth-order valence-electron chi connectivity index (χ4n) is 2.74. The maximum atomic E-state index is 12.8. The first-order chi connectivity index (χ1) is 13.6. The number of nitrogens with two attached hydrogens (primary N) is 1. The van der Waals surface area contributed by atoms with Crippen molar-refractivity contribution in [2.75, 3.05) is 11.9 Å². The molecule has 1 heterocycles. The summed E-state index contributed by atoms with van der Waals surface area (Å²) < 4.78 is 5.26. The molecule has 142 valence electrons. The number of anilines is 1. The fraction of sp³-hybridized carbons (Fsp3) is 0.0952. The summed E-state index contributed by atoms with van der Waals surface area (Å²) in [6, 6.07) is 20.0. The number of carbonyl (C=O) groups excluding carboxylic acids is 3. The van der Waals surface area contributed by atoms with Gasteiger partial charge in [0.05, 0.1) is 5.56 Å². The predicted molar refractivity (Wildman–Crippen MR) is 107 cm³/mol. The highest BCUT2D eigenvalue weighted by Gasteiger charge is 2.25. The van der Waals surface area contributed by atoms with Crippen molar-refractivity contribution in [3.8, 4) is 0 Å². The first-order valence-electron chi connectivity index (χ1n) is 8.50. The number of hydrogen-bond donors (Lipinski definition) is 2. The monoisotopic (exact) mass is 394 g/mol. The Kier molecular flexibility index (Phi) is 6.18. The molecule has 0 saturated heterocycles. The highest BCUT2D eigenvalue weighted by atomic mass is 32.1. The number of hydrogen-bond acceptors (Lipinski definition) is 5. The second-order valence-electron chi connectivity index (χ2n) is 5.94. The molecule has 0 atom stereocenters. The molecule has 28 heavy (non-hydrogen) atoms. The summed E-state index contributed by atoms with van der Waals surface area (Å²) in [4.78, 5) is 36.2. The molecule has 0 unspecified atom stereocenters. The molecule has 0 radical (unpaired) electrons. The second-order valence-corrected chi connectivity index (χ2v) is 6.85. The molecule has 3 aromatic rings. The van der Waals surface area contributed by atoms with Crippen molar-refractivity contribution in [3.63, 3.8) is 0 Å². The molecule has 0 saturated carbocycles. The number of rotatable bonds is 7. The molecule has 0 aliphatic rings. The average Bonchev–Trinajstić information content (AvgIpc) is 3.17. The predicted octanol–water partition coefficient (Wildman–Crippen LogP) is 3.16. The van der Waals surface area contributed by atoms with Crippen molar-refractivity contribution in [3.05, 3.63) is 88.8 Å². The van der Waals surface area contributed by atoms with E-state index >= 15 is 0 Å². The summed E-state index contributed by atoms with van der Waals surface area (Å²) >= 11 is 1.17. The van der Waals surface area contributed by atoms with E-state index in [9.17, 15) is 14.4 Å². The highest BCUT2D eigenvalue weighted by Crippen LogP contribution is 2.26. The molecule has 0 aliphatic carbocycles. The zero-order valence-electron chi connectivity index (χ0n) is 14.8. The van der Waals surface area contributed by atoms with Gasteiger partial charge in [0, 0.05) is 0 Å². The zero-order chi connectivity index (χ0) is 19.9. The number of amides is 2. The van der Waals surface area contributed by atoms with E-state index in [0.717, 1.165) is 11.1 Å². The normalized spacial score (nSPS) is 10.5. The Balaban J connectivity index is 1.69. The van der Waals surface area contributed by atoms with Gasteiger partial charge in [-0.05, 0) is 22.6 Å². The molecule has 0 spiro atoms. The van der Waals surface area contributed by atoms with Crippen LogP contribution < -0.4 is 11.1 Å². The van der Waals surface area contributed by atoms with E-state index < -0.39 is 30.3 Å². The number of thiophene rings is 1. The van der Waals surface area contributed by atoms with Gasteiger partial charge in [-0.2, -0.15) is 0 Å². The summed E-state index contributed by atoms with van der Waals surface area (Å²) in [7, 11) is 0. The number of ether oxygens (including phenoxy) is 1. The van der Waals surface area contributed by atoms with E-state index in [1.54, 1.807) is 5.38 Å². The van der Waals surface area contributed by atoms with Gasteiger partial charge >= 0.3 is 5.97 Å². The van der Waals surface area contributed by atoms with E-state index in [4.69, 9.17) is 10.5 Å². The summed E-state index contributed by atoms with van der Waals surface area (Å²) in [6.07, 6.45) is 0. The van der Waals surface area contributed by atoms with E-state index in [0.29, 0.717) is 5.00 Å². The Morgan fingerprint density at radius 3 is 2.04 bits per heavy atom. The van der Waals surface area contributed by atoms with Gasteiger partial charge in [-0.25, -0.2) is 0 Å². The zero-order valence-corrected chi connectivity index (χ0v) is 15.6. The Morgan fingerprint density at radius 2 is 1.50 bits per heavy atom. The number of benzene rings is 2. The standard InChI is InChI=1S/C21H18N2O4S/c22-19(25)16-11-12-28-20(16)23-17(24)13-27-21(26)18(14-7-3-1-4-8-14)15-9-5-2-6-10-15/h1-12,18H,13H2,(H2,22,25)(H,23,24). The van der Waals surface area contributed by atoms with Crippen LogP contribution in [0.25, 0.3) is 0 Å². The van der Waals surface area contributed by atoms with Crippen molar-refractivity contribution in [2.24, 2.45) is 5.73 Å². The van der Waals surface area contributed by atoms with Crippen LogP contribution in [0.2, 0.25) is 0 Å². The lowest BCUT2D eigenvalue weighted by atomic mass is 9.91. The molecule has 0 aliphatic heterocycles. The molecule has 0 bridgehead atoms. The minimum absolute atomic E-state index is 0.219. The highest BCUT2D eigenvalue weighted by molar-refractivity contribution is 7.14. The molecule has 0 fully saturated rings. The molecule has 2 aromatic carbocycles. The Bertz CT molecular complexity index is 931. The first kappa shape index (κ1) is 19.3. The average molecular weight is 394 g/mol. The maximum Gasteiger partial charge on any atom is 0.318 e. The molecule has 1 aromatic heterocycles. The topological polar surface area (TPSA) is 98.5 Å². The van der Waals surface area contributed by atoms with Gasteiger partial charge in [-0.1, -0.05) is 60.7 Å². The van der Waals surface area contributed by atoms with Crippen LogP contribution in [0.15, 0.2) is 72.1 Å². The number of esters is 1. The van der Waals surface area contributed by atoms with Crippen LogP contribution in [0.5, 0.6) is 0 Å². The van der Waals surface area contributed by atoms with Gasteiger partial charge in [0.15, 0.2) is 6.61 Å². The molecular weight excluding hydrogens is 376 g/mol. The van der Waals surface area contributed by atoms with E-state index in [1.807, 2.05) is 60.7 Å². The molecule has 7 heteroatoms. The summed E-state index contributed by atoms with van der Waals surface area (Å²) in [5.74, 6) is -2.35. The summed E-state index contributed by atoms with van der Waals surface area (Å²) in [6.45, 7) is -0.467. The Morgan fingerprint density at radius 1 is 0.929 bits per heavy atom. The van der Waals surface area contributed by atoms with Crippen LogP contribution in [0.1, 0.15) is 27.4 Å². The van der Waals surface area contributed by atoms with Crippen molar-refractivity contribution < 1.29 is 19.1 Å². The smallest absolute Gasteiger partial charge is 0.318 e. The van der Waals surface area contributed by atoms with Gasteiger partial charge in [0.25, 0.3) is 11.8 Å². The molecule has 3 rings (SSSR count). The SMILES string of the molecule is NC(=O)c1ccsc1NC(=O)COC(=O)C(c1ccccc1)c1ccccc1. The van der Waals surface area contributed by atoms with Crippen molar-refractivity contribution in [2.45, 2.75) is 5.92 Å². The van der Waals surface area contributed by atoms with Gasteiger partial charge in [0.1, 0.15) is 10.9 Å². The molecule has 6 nitrogen and oxygen atoms in total. The second kappa shape index (κ2) is 8.96. The third-order valence-electron chi connectivity index (χ3n) is 4.03. The van der Waals surface area contributed by atoms with E-state index in [2.05, 4.69) is 5.32 Å². The number of primary amides is 1.